The average Bonchev–Trinajstić information content (AvgIpc) is 1.61. The summed E-state index contributed by atoms with van der Waals surface area (Å²) in [5, 5.41) is 9.40. The van der Waals surface area contributed by atoms with Gasteiger partial charge in [-0.05, 0) is 0 Å². The minimum atomic E-state index is -0.519. The van der Waals surface area contributed by atoms with Gasteiger partial charge in [-0.3, -0.25) is 10.1 Å². The Hall–Kier alpha value is 0.0700. The van der Waals surface area contributed by atoms with Gasteiger partial charge in [0.15, 0.2) is 0 Å². The van der Waals surface area contributed by atoms with Crippen molar-refractivity contribution in [2.75, 3.05) is 6.54 Å². The molecule has 0 radical (unpaired) electrons. The molecule has 0 saturated heterocycles. The third kappa shape index (κ3) is 9.42. The maximum atomic E-state index is 9.40. The first-order valence-corrected chi connectivity index (χ1v) is 1.83. The predicted molar refractivity (Wildman–Crippen MR) is 23.7 cm³/mol. The van der Waals surface area contributed by atoms with Crippen LogP contribution in [0.25, 0.3) is 0 Å². The van der Waals surface area contributed by atoms with Crippen molar-refractivity contribution < 1.29 is 40.7 Å². The van der Waals surface area contributed by atoms with Gasteiger partial charge in [0.25, 0.3) is 0 Å². The molecule has 0 saturated carbocycles. The van der Waals surface area contributed by atoms with Crippen molar-refractivity contribution in [1.29, 1.82) is 0 Å². The third-order valence-electron chi connectivity index (χ3n) is 0.430. The van der Waals surface area contributed by atoms with E-state index in [-0.39, 0.29) is 43.9 Å². The number of carbonyl (C=O) groups excluding carboxylic acids is 1. The predicted octanol–water partition coefficient (Wildman–Crippen LogP) is -3.03. The monoisotopic (exact) mass is 127 g/mol. The zero-order valence-electron chi connectivity index (χ0n) is 5.66. The zero-order chi connectivity index (χ0) is 5.70. The van der Waals surface area contributed by atoms with Crippen molar-refractivity contribution in [2.45, 2.75) is 6.42 Å². The van der Waals surface area contributed by atoms with Crippen molar-refractivity contribution in [3.8, 4) is 0 Å². The van der Waals surface area contributed by atoms with Gasteiger partial charge in [0.2, 0.25) is 6.54 Å². The van der Waals surface area contributed by atoms with Crippen LogP contribution in [0.3, 0.4) is 0 Å². The van der Waals surface area contributed by atoms with E-state index in [1.165, 1.54) is 0 Å². The van der Waals surface area contributed by atoms with Crippen molar-refractivity contribution in [3.05, 3.63) is 10.1 Å². The molecule has 5 heteroatoms. The summed E-state index contributed by atoms with van der Waals surface area (Å²) in [6.07, 6.45) is 0.551. The van der Waals surface area contributed by atoms with Crippen LogP contribution in [0, 0.1) is 10.1 Å². The molecule has 0 amide bonds. The molecule has 42 valence electrons. The van der Waals surface area contributed by atoms with E-state index in [2.05, 4.69) is 0 Å². The van der Waals surface area contributed by atoms with Gasteiger partial charge in [0.05, 0.1) is 6.42 Å². The number of hydrogen-bond acceptors (Lipinski definition) is 3. The van der Waals surface area contributed by atoms with Gasteiger partial charge in [0.1, 0.15) is 6.29 Å². The molecule has 0 atom stereocenters. The SMILES string of the molecule is O=CCC[N+](=O)[O-].[H-].[Na+]. The minimum Gasteiger partial charge on any atom is -1.00 e. The molecular formula is C3H6NNaO3. The van der Waals surface area contributed by atoms with E-state index < -0.39 is 4.92 Å². The van der Waals surface area contributed by atoms with E-state index in [0.717, 1.165) is 0 Å². The van der Waals surface area contributed by atoms with Crippen LogP contribution in [0.2, 0.25) is 0 Å². The van der Waals surface area contributed by atoms with Gasteiger partial charge in [-0.2, -0.15) is 0 Å². The summed E-state index contributed by atoms with van der Waals surface area (Å²) in [4.78, 5) is 18.3. The second-order valence-corrected chi connectivity index (χ2v) is 1.01. The largest absolute Gasteiger partial charge is 1.00 e. The molecule has 8 heavy (non-hydrogen) atoms. The Morgan fingerprint density at radius 2 is 2.25 bits per heavy atom. The Balaban J connectivity index is -0.000000180. The first-order valence-electron chi connectivity index (χ1n) is 1.83. The summed E-state index contributed by atoms with van der Waals surface area (Å²) in [6, 6.07) is 0. The van der Waals surface area contributed by atoms with E-state index in [1.54, 1.807) is 0 Å². The summed E-state index contributed by atoms with van der Waals surface area (Å²) in [7, 11) is 0. The van der Waals surface area contributed by atoms with Crippen LogP contribution in [0.15, 0.2) is 0 Å². The van der Waals surface area contributed by atoms with Crippen LogP contribution >= 0.6 is 0 Å². The minimum absolute atomic E-state index is 0. The molecule has 0 N–H and O–H groups in total. The van der Waals surface area contributed by atoms with Crippen molar-refractivity contribution in [3.63, 3.8) is 0 Å². The Kier molecular flexibility index (Phi) is 9.68. The van der Waals surface area contributed by atoms with E-state index in [0.29, 0.717) is 6.29 Å². The summed E-state index contributed by atoms with van der Waals surface area (Å²) >= 11 is 0. The molecule has 0 unspecified atom stereocenters. The maximum absolute atomic E-state index is 9.40. The van der Waals surface area contributed by atoms with Crippen LogP contribution < -0.4 is 29.6 Å². The number of carbonyl (C=O) groups is 1. The third-order valence-corrected chi connectivity index (χ3v) is 0.430. The second kappa shape index (κ2) is 7.07. The molecule has 0 aliphatic rings. The maximum Gasteiger partial charge on any atom is 1.00 e. The topological polar surface area (TPSA) is 60.2 Å². The number of rotatable bonds is 3. The molecule has 0 fully saturated rings. The second-order valence-electron chi connectivity index (χ2n) is 1.01. The van der Waals surface area contributed by atoms with Crippen molar-refractivity contribution in [2.24, 2.45) is 0 Å². The molecule has 4 nitrogen and oxygen atoms in total. The van der Waals surface area contributed by atoms with E-state index in [9.17, 15) is 14.9 Å². The quantitative estimate of drug-likeness (QED) is 0.175. The average molecular weight is 127 g/mol. The molecule has 0 heterocycles. The van der Waals surface area contributed by atoms with E-state index in [1.807, 2.05) is 0 Å². The molecule has 0 spiro atoms. The summed E-state index contributed by atoms with van der Waals surface area (Å²) < 4.78 is 0. The summed E-state index contributed by atoms with van der Waals surface area (Å²) in [5.74, 6) is 0. The van der Waals surface area contributed by atoms with Gasteiger partial charge in [-0.25, -0.2) is 0 Å². The van der Waals surface area contributed by atoms with E-state index >= 15 is 0 Å². The molecule has 0 aromatic rings. The molecule has 0 aliphatic carbocycles. The molecular weight excluding hydrogens is 121 g/mol. The molecule has 0 aliphatic heterocycles. The Morgan fingerprint density at radius 1 is 1.75 bits per heavy atom. The molecule has 0 aromatic carbocycles. The fourth-order valence-corrected chi connectivity index (χ4v) is 0.158. The summed E-state index contributed by atoms with van der Waals surface area (Å²) in [6.45, 7) is -0.247. The number of nitrogens with zero attached hydrogens (tertiary/aromatic N) is 1. The summed E-state index contributed by atoms with van der Waals surface area (Å²) in [5.41, 5.74) is 0. The van der Waals surface area contributed by atoms with Crippen molar-refractivity contribution >= 4 is 6.29 Å². The molecule has 0 bridgehead atoms. The molecule has 0 rings (SSSR count). The normalized spacial score (nSPS) is 7.00. The number of nitro groups is 1. The fourth-order valence-electron chi connectivity index (χ4n) is 0.158. The Morgan fingerprint density at radius 3 is 2.38 bits per heavy atom. The smallest absolute Gasteiger partial charge is 1.00 e. The first-order chi connectivity index (χ1) is 3.27. The Bertz CT molecular complexity index is 89.1. The zero-order valence-corrected chi connectivity index (χ0v) is 6.66. The molecule has 0 aromatic heterocycles. The first kappa shape index (κ1) is 10.9. The van der Waals surface area contributed by atoms with Crippen LogP contribution in [-0.2, 0) is 4.79 Å². The van der Waals surface area contributed by atoms with Gasteiger partial charge < -0.3 is 6.22 Å². The number of aldehydes is 1. The van der Waals surface area contributed by atoms with Crippen LogP contribution in [0.1, 0.15) is 7.85 Å². The van der Waals surface area contributed by atoms with Crippen molar-refractivity contribution in [1.82, 2.24) is 0 Å². The standard InChI is InChI=1S/C3H5NO3.Na.H/c5-3-1-2-4(6)7;;/h3H,1-2H2;;/q;+1;-1. The van der Waals surface area contributed by atoms with Gasteiger partial charge >= 0.3 is 29.6 Å². The van der Waals surface area contributed by atoms with Gasteiger partial charge in [0, 0.05) is 4.92 Å². The van der Waals surface area contributed by atoms with Crippen LogP contribution in [0.4, 0.5) is 0 Å². The number of hydrogen-bond donors (Lipinski definition) is 0. The van der Waals surface area contributed by atoms with Gasteiger partial charge in [-0.1, -0.05) is 0 Å². The van der Waals surface area contributed by atoms with E-state index in [4.69, 9.17) is 0 Å². The fraction of sp³-hybridized carbons (Fsp3) is 0.667. The van der Waals surface area contributed by atoms with Crippen LogP contribution in [0.5, 0.6) is 0 Å². The van der Waals surface area contributed by atoms with Gasteiger partial charge in [-0.15, -0.1) is 0 Å². The Labute approximate surface area is 70.2 Å². The van der Waals surface area contributed by atoms with Crippen LogP contribution in [-0.4, -0.2) is 17.8 Å².